The highest BCUT2D eigenvalue weighted by Gasteiger charge is 2.09. The van der Waals surface area contributed by atoms with Gasteiger partial charge in [0.15, 0.2) is 0 Å². The van der Waals surface area contributed by atoms with E-state index in [0.717, 1.165) is 20.3 Å². The molecule has 5 heteroatoms. The number of hydrogen-bond acceptors (Lipinski definition) is 4. The van der Waals surface area contributed by atoms with E-state index in [2.05, 4.69) is 43.0 Å². The van der Waals surface area contributed by atoms with Crippen molar-refractivity contribution in [3.63, 3.8) is 0 Å². The molecule has 0 fully saturated rings. The van der Waals surface area contributed by atoms with Crippen LogP contribution in [0.2, 0.25) is 0 Å². The van der Waals surface area contributed by atoms with Gasteiger partial charge in [0.2, 0.25) is 11.6 Å². The third-order valence-corrected chi connectivity index (χ3v) is 3.92. The number of halogens is 1. The van der Waals surface area contributed by atoms with Gasteiger partial charge in [-0.25, -0.2) is 0 Å². The van der Waals surface area contributed by atoms with E-state index in [4.69, 9.17) is 0 Å². The lowest BCUT2D eigenvalue weighted by atomic mass is 10.1. The fourth-order valence-corrected chi connectivity index (χ4v) is 2.54. The Balaban J connectivity index is 2.01. The SMILES string of the molecule is Cc1ccccc1-c1nnc(-c2ccccc2I)nn1. The Bertz CT molecular complexity index is 676. The maximum Gasteiger partial charge on any atom is 0.204 e. The van der Waals surface area contributed by atoms with E-state index in [0.29, 0.717) is 11.6 Å². The molecule has 0 aliphatic rings. The monoisotopic (exact) mass is 374 g/mol. The summed E-state index contributed by atoms with van der Waals surface area (Å²) < 4.78 is 1.08. The van der Waals surface area contributed by atoms with Crippen molar-refractivity contribution in [2.24, 2.45) is 0 Å². The van der Waals surface area contributed by atoms with Gasteiger partial charge in [-0.05, 0) is 47.2 Å². The maximum atomic E-state index is 4.20. The van der Waals surface area contributed by atoms with Crippen LogP contribution in [0.15, 0.2) is 48.5 Å². The van der Waals surface area contributed by atoms with Crippen LogP contribution in [-0.2, 0) is 0 Å². The van der Waals surface area contributed by atoms with Crippen LogP contribution in [0, 0.1) is 10.5 Å². The van der Waals surface area contributed by atoms with Gasteiger partial charge in [0.05, 0.1) is 0 Å². The lowest BCUT2D eigenvalue weighted by molar-refractivity contribution is 0.874. The minimum atomic E-state index is 0.548. The number of nitrogens with zero attached hydrogens (tertiary/aromatic N) is 4. The van der Waals surface area contributed by atoms with Crippen molar-refractivity contribution in [1.29, 1.82) is 0 Å². The fourth-order valence-electron chi connectivity index (χ4n) is 1.91. The van der Waals surface area contributed by atoms with Crippen LogP contribution in [-0.4, -0.2) is 20.4 Å². The molecule has 4 nitrogen and oxygen atoms in total. The van der Waals surface area contributed by atoms with Crippen LogP contribution >= 0.6 is 22.6 Å². The first-order valence-electron chi connectivity index (χ1n) is 6.14. The minimum absolute atomic E-state index is 0.548. The molecule has 3 rings (SSSR count). The van der Waals surface area contributed by atoms with Crippen LogP contribution in [0.25, 0.3) is 22.8 Å². The van der Waals surface area contributed by atoms with Crippen LogP contribution in [0.4, 0.5) is 0 Å². The number of aromatic nitrogens is 4. The third-order valence-electron chi connectivity index (χ3n) is 2.98. The van der Waals surface area contributed by atoms with E-state index >= 15 is 0 Å². The minimum Gasteiger partial charge on any atom is -0.126 e. The molecule has 3 aromatic rings. The van der Waals surface area contributed by atoms with Crippen molar-refractivity contribution in [1.82, 2.24) is 20.4 Å². The Hall–Kier alpha value is -1.89. The van der Waals surface area contributed by atoms with Crippen molar-refractivity contribution in [3.05, 3.63) is 57.7 Å². The van der Waals surface area contributed by atoms with Crippen molar-refractivity contribution in [3.8, 4) is 22.8 Å². The molecule has 0 saturated heterocycles. The van der Waals surface area contributed by atoms with E-state index in [1.165, 1.54) is 0 Å². The summed E-state index contributed by atoms with van der Waals surface area (Å²) in [7, 11) is 0. The lowest BCUT2D eigenvalue weighted by Crippen LogP contribution is -2.01. The molecule has 1 heterocycles. The largest absolute Gasteiger partial charge is 0.204 e. The predicted octanol–water partition coefficient (Wildman–Crippen LogP) is 3.51. The van der Waals surface area contributed by atoms with Crippen LogP contribution < -0.4 is 0 Å². The fraction of sp³-hybridized carbons (Fsp3) is 0.0667. The Kier molecular flexibility index (Phi) is 3.68. The summed E-state index contributed by atoms with van der Waals surface area (Å²) in [5, 5.41) is 16.8. The first kappa shape index (κ1) is 13.1. The van der Waals surface area contributed by atoms with Gasteiger partial charge < -0.3 is 0 Å². The molecule has 0 aliphatic carbocycles. The second-order valence-electron chi connectivity index (χ2n) is 4.34. The number of rotatable bonds is 2. The first-order valence-corrected chi connectivity index (χ1v) is 7.22. The van der Waals surface area contributed by atoms with Gasteiger partial charge in [-0.1, -0.05) is 36.4 Å². The van der Waals surface area contributed by atoms with Crippen molar-refractivity contribution >= 4 is 22.6 Å². The average molecular weight is 374 g/mol. The van der Waals surface area contributed by atoms with Gasteiger partial charge >= 0.3 is 0 Å². The Labute approximate surface area is 130 Å². The number of benzene rings is 2. The molecular weight excluding hydrogens is 363 g/mol. The number of hydrogen-bond donors (Lipinski definition) is 0. The van der Waals surface area contributed by atoms with Gasteiger partial charge in [-0.15, -0.1) is 20.4 Å². The zero-order chi connectivity index (χ0) is 13.9. The van der Waals surface area contributed by atoms with Crippen LogP contribution in [0.5, 0.6) is 0 Å². The molecule has 1 aromatic heterocycles. The summed E-state index contributed by atoms with van der Waals surface area (Å²) in [6.07, 6.45) is 0. The van der Waals surface area contributed by atoms with Gasteiger partial charge in [-0.3, -0.25) is 0 Å². The van der Waals surface area contributed by atoms with E-state index in [1.807, 2.05) is 55.5 Å². The van der Waals surface area contributed by atoms with E-state index < -0.39 is 0 Å². The third kappa shape index (κ3) is 2.53. The van der Waals surface area contributed by atoms with Crippen LogP contribution in [0.3, 0.4) is 0 Å². The predicted molar refractivity (Wildman–Crippen MR) is 85.9 cm³/mol. The first-order chi connectivity index (χ1) is 9.75. The summed E-state index contributed by atoms with van der Waals surface area (Å²) in [6.45, 7) is 2.02. The summed E-state index contributed by atoms with van der Waals surface area (Å²) >= 11 is 2.25. The molecule has 0 bridgehead atoms. The molecule has 0 aliphatic heterocycles. The Morgan fingerprint density at radius 3 is 1.80 bits per heavy atom. The quantitative estimate of drug-likeness (QED) is 0.645. The second-order valence-corrected chi connectivity index (χ2v) is 5.50. The lowest BCUT2D eigenvalue weighted by Gasteiger charge is -2.04. The Morgan fingerprint density at radius 1 is 0.700 bits per heavy atom. The molecule has 20 heavy (non-hydrogen) atoms. The standard InChI is InChI=1S/C15H11IN4/c1-10-6-2-3-7-11(10)14-17-19-15(20-18-14)12-8-4-5-9-13(12)16/h2-9H,1H3. The van der Waals surface area contributed by atoms with Gasteiger partial charge in [-0.2, -0.15) is 0 Å². The molecular formula is C15H11IN4. The molecule has 98 valence electrons. The van der Waals surface area contributed by atoms with E-state index in [-0.39, 0.29) is 0 Å². The second kappa shape index (κ2) is 5.62. The molecule has 0 unspecified atom stereocenters. The summed E-state index contributed by atoms with van der Waals surface area (Å²) in [5.41, 5.74) is 3.02. The number of aryl methyl sites for hydroxylation is 1. The molecule has 0 spiro atoms. The molecule has 0 saturated carbocycles. The highest BCUT2D eigenvalue weighted by Crippen LogP contribution is 2.22. The van der Waals surface area contributed by atoms with Crippen molar-refractivity contribution in [2.75, 3.05) is 0 Å². The van der Waals surface area contributed by atoms with E-state index in [9.17, 15) is 0 Å². The topological polar surface area (TPSA) is 51.6 Å². The summed E-state index contributed by atoms with van der Waals surface area (Å²) in [6, 6.07) is 15.8. The smallest absolute Gasteiger partial charge is 0.126 e. The molecule has 0 atom stereocenters. The van der Waals surface area contributed by atoms with Crippen LogP contribution in [0.1, 0.15) is 5.56 Å². The average Bonchev–Trinajstić information content (AvgIpc) is 2.49. The molecule has 2 aromatic carbocycles. The Morgan fingerprint density at radius 2 is 1.20 bits per heavy atom. The normalized spacial score (nSPS) is 10.5. The molecule has 0 radical (unpaired) electrons. The van der Waals surface area contributed by atoms with Crippen molar-refractivity contribution < 1.29 is 0 Å². The van der Waals surface area contributed by atoms with Gasteiger partial charge in [0, 0.05) is 14.7 Å². The summed E-state index contributed by atoms with van der Waals surface area (Å²) in [5.74, 6) is 1.10. The van der Waals surface area contributed by atoms with Gasteiger partial charge in [0.1, 0.15) is 0 Å². The van der Waals surface area contributed by atoms with Crippen molar-refractivity contribution in [2.45, 2.75) is 6.92 Å². The highest BCUT2D eigenvalue weighted by molar-refractivity contribution is 14.1. The zero-order valence-corrected chi connectivity index (χ0v) is 12.9. The molecule has 0 amide bonds. The summed E-state index contributed by atoms with van der Waals surface area (Å²) in [4.78, 5) is 0. The zero-order valence-electron chi connectivity index (χ0n) is 10.8. The molecule has 0 N–H and O–H groups in total. The maximum absolute atomic E-state index is 4.20. The highest BCUT2D eigenvalue weighted by atomic mass is 127. The van der Waals surface area contributed by atoms with E-state index in [1.54, 1.807) is 0 Å². The van der Waals surface area contributed by atoms with Gasteiger partial charge in [0.25, 0.3) is 0 Å².